The lowest BCUT2D eigenvalue weighted by Crippen LogP contribution is -2.31. The van der Waals surface area contributed by atoms with Crippen LogP contribution >= 0.6 is 11.9 Å². The van der Waals surface area contributed by atoms with Crippen molar-refractivity contribution in [2.45, 2.75) is 38.9 Å². The molecule has 0 aromatic carbocycles. The second-order valence-corrected chi connectivity index (χ2v) is 4.61. The minimum absolute atomic E-state index is 0.00479. The first-order chi connectivity index (χ1) is 5.56. The highest BCUT2D eigenvalue weighted by Crippen LogP contribution is 2.26. The fraction of sp³-hybridized carbons (Fsp3) is 0.889. The molecular weight excluding hydrogens is 168 g/mol. The highest BCUT2D eigenvalue weighted by Gasteiger charge is 2.25. The van der Waals surface area contributed by atoms with E-state index < -0.39 is 0 Å². The number of nitrogens with zero attached hydrogens (tertiary/aromatic N) is 1. The maximum Gasteiger partial charge on any atom is 0.0643 e. The molecule has 1 unspecified atom stereocenters. The molecule has 0 aromatic rings. The summed E-state index contributed by atoms with van der Waals surface area (Å²) in [6.45, 7) is 9.49. The average Bonchev–Trinajstić information content (AvgIpc) is 2.04. The van der Waals surface area contributed by atoms with Crippen molar-refractivity contribution in [1.82, 2.24) is 0 Å². The second kappa shape index (κ2) is 5.60. The van der Waals surface area contributed by atoms with Crippen LogP contribution in [0.1, 0.15) is 34.1 Å². The first-order valence-corrected chi connectivity index (χ1v) is 5.33. The molecule has 0 rings (SSSR count). The molecular formula is C9H20N2S. The molecule has 0 aliphatic rings. The van der Waals surface area contributed by atoms with Gasteiger partial charge in [0, 0.05) is 12.8 Å². The lowest BCUT2D eigenvalue weighted by Gasteiger charge is -2.26. The standard InChI is InChI=1S/C9H20N2S/c1-5-6-11-7-9(4,12-10)8(2)3/h7-8H,5-6,10H2,1-4H3/b11-7-. The van der Waals surface area contributed by atoms with Gasteiger partial charge >= 0.3 is 0 Å². The zero-order valence-corrected chi connectivity index (χ0v) is 9.32. The van der Waals surface area contributed by atoms with Crippen LogP contribution in [0, 0.1) is 5.92 Å². The van der Waals surface area contributed by atoms with E-state index in [1.807, 2.05) is 6.21 Å². The second-order valence-electron chi connectivity index (χ2n) is 3.49. The van der Waals surface area contributed by atoms with Crippen molar-refractivity contribution < 1.29 is 0 Å². The van der Waals surface area contributed by atoms with Gasteiger partial charge in [-0.3, -0.25) is 10.1 Å². The average molecular weight is 188 g/mol. The normalized spacial score (nSPS) is 17.2. The summed E-state index contributed by atoms with van der Waals surface area (Å²) in [7, 11) is 0. The summed E-state index contributed by atoms with van der Waals surface area (Å²) >= 11 is 1.38. The molecule has 12 heavy (non-hydrogen) atoms. The van der Waals surface area contributed by atoms with Crippen LogP contribution < -0.4 is 5.14 Å². The van der Waals surface area contributed by atoms with Crippen LogP contribution in [0.2, 0.25) is 0 Å². The minimum Gasteiger partial charge on any atom is -0.296 e. The molecule has 2 N–H and O–H groups in total. The molecule has 0 aromatic heterocycles. The maximum atomic E-state index is 5.62. The predicted molar refractivity (Wildman–Crippen MR) is 58.7 cm³/mol. The number of nitrogens with two attached hydrogens (primary N) is 1. The van der Waals surface area contributed by atoms with E-state index in [1.165, 1.54) is 11.9 Å². The van der Waals surface area contributed by atoms with Crippen molar-refractivity contribution in [3.63, 3.8) is 0 Å². The van der Waals surface area contributed by atoms with Crippen molar-refractivity contribution in [3.05, 3.63) is 0 Å². The summed E-state index contributed by atoms with van der Waals surface area (Å²) in [4.78, 5) is 4.33. The molecule has 0 amide bonds. The fourth-order valence-corrected chi connectivity index (χ4v) is 1.10. The third kappa shape index (κ3) is 3.59. The minimum atomic E-state index is -0.00479. The Labute approximate surface area is 80.2 Å². The van der Waals surface area contributed by atoms with E-state index in [1.54, 1.807) is 0 Å². The zero-order chi connectivity index (χ0) is 9.61. The van der Waals surface area contributed by atoms with Crippen LogP contribution in [-0.4, -0.2) is 17.5 Å². The Morgan fingerprint density at radius 1 is 1.58 bits per heavy atom. The molecule has 0 aliphatic carbocycles. The van der Waals surface area contributed by atoms with E-state index in [-0.39, 0.29) is 4.75 Å². The van der Waals surface area contributed by atoms with E-state index >= 15 is 0 Å². The molecule has 0 radical (unpaired) electrons. The molecule has 0 bridgehead atoms. The van der Waals surface area contributed by atoms with Gasteiger partial charge in [-0.1, -0.05) is 32.7 Å². The molecule has 0 fully saturated rings. The van der Waals surface area contributed by atoms with Gasteiger partial charge < -0.3 is 0 Å². The monoisotopic (exact) mass is 188 g/mol. The summed E-state index contributed by atoms with van der Waals surface area (Å²) in [6, 6.07) is 0. The summed E-state index contributed by atoms with van der Waals surface area (Å²) in [6.07, 6.45) is 3.09. The van der Waals surface area contributed by atoms with Gasteiger partial charge in [0.2, 0.25) is 0 Å². The lowest BCUT2D eigenvalue weighted by atomic mass is 9.98. The van der Waals surface area contributed by atoms with Gasteiger partial charge in [-0.05, 0) is 19.3 Å². The quantitative estimate of drug-likeness (QED) is 0.532. The Balaban J connectivity index is 4.13. The Kier molecular flexibility index (Phi) is 5.59. The topological polar surface area (TPSA) is 38.4 Å². The Bertz CT molecular complexity index is 145. The first kappa shape index (κ1) is 12.0. The van der Waals surface area contributed by atoms with Crippen LogP contribution in [0.4, 0.5) is 0 Å². The largest absolute Gasteiger partial charge is 0.296 e. The maximum absolute atomic E-state index is 5.62. The zero-order valence-electron chi connectivity index (χ0n) is 8.50. The van der Waals surface area contributed by atoms with Crippen molar-refractivity contribution in [2.75, 3.05) is 6.54 Å². The van der Waals surface area contributed by atoms with E-state index in [4.69, 9.17) is 5.14 Å². The van der Waals surface area contributed by atoms with Gasteiger partial charge in [-0.2, -0.15) is 0 Å². The Morgan fingerprint density at radius 3 is 2.50 bits per heavy atom. The molecule has 0 saturated heterocycles. The highest BCUT2D eigenvalue weighted by atomic mass is 32.2. The number of hydrogen-bond donors (Lipinski definition) is 1. The van der Waals surface area contributed by atoms with E-state index in [0.717, 1.165) is 13.0 Å². The third-order valence-corrected chi connectivity index (χ3v) is 3.19. The van der Waals surface area contributed by atoms with Gasteiger partial charge in [0.05, 0.1) is 4.75 Å². The van der Waals surface area contributed by atoms with Crippen molar-refractivity contribution >= 4 is 18.2 Å². The van der Waals surface area contributed by atoms with Gasteiger partial charge in [-0.15, -0.1) is 0 Å². The molecule has 0 aliphatic heterocycles. The van der Waals surface area contributed by atoms with Crippen molar-refractivity contribution in [2.24, 2.45) is 16.0 Å². The Hall–Kier alpha value is -0.0200. The molecule has 0 spiro atoms. The summed E-state index contributed by atoms with van der Waals surface area (Å²) in [5.74, 6) is 0.521. The number of aliphatic imine (C=N–C) groups is 1. The molecule has 1 atom stereocenters. The van der Waals surface area contributed by atoms with Gasteiger partial charge in [-0.25, -0.2) is 0 Å². The highest BCUT2D eigenvalue weighted by molar-refractivity contribution is 7.99. The summed E-state index contributed by atoms with van der Waals surface area (Å²) in [5, 5.41) is 5.62. The van der Waals surface area contributed by atoms with E-state index in [2.05, 4.69) is 32.7 Å². The predicted octanol–water partition coefficient (Wildman–Crippen LogP) is 2.49. The fourth-order valence-electron chi connectivity index (χ4n) is 0.690. The summed E-state index contributed by atoms with van der Waals surface area (Å²) < 4.78 is -0.00479. The molecule has 0 saturated carbocycles. The SMILES string of the molecule is CCC/N=C\C(C)(SN)C(C)C. The molecule has 2 nitrogen and oxygen atoms in total. The van der Waals surface area contributed by atoms with Crippen LogP contribution in [0.25, 0.3) is 0 Å². The van der Waals surface area contributed by atoms with Gasteiger partial charge in [0.1, 0.15) is 0 Å². The smallest absolute Gasteiger partial charge is 0.0643 e. The molecule has 72 valence electrons. The number of hydrogen-bond acceptors (Lipinski definition) is 3. The van der Waals surface area contributed by atoms with Crippen molar-refractivity contribution in [1.29, 1.82) is 0 Å². The Morgan fingerprint density at radius 2 is 2.17 bits per heavy atom. The molecule has 0 heterocycles. The first-order valence-electron chi connectivity index (χ1n) is 4.45. The van der Waals surface area contributed by atoms with Crippen LogP contribution in [0.3, 0.4) is 0 Å². The van der Waals surface area contributed by atoms with Crippen molar-refractivity contribution in [3.8, 4) is 0 Å². The number of rotatable bonds is 5. The van der Waals surface area contributed by atoms with E-state index in [9.17, 15) is 0 Å². The van der Waals surface area contributed by atoms with Crippen LogP contribution in [0.5, 0.6) is 0 Å². The van der Waals surface area contributed by atoms with Crippen LogP contribution in [-0.2, 0) is 0 Å². The lowest BCUT2D eigenvalue weighted by molar-refractivity contribution is 0.580. The van der Waals surface area contributed by atoms with E-state index in [0.29, 0.717) is 5.92 Å². The third-order valence-electron chi connectivity index (χ3n) is 2.10. The van der Waals surface area contributed by atoms with Gasteiger partial charge in [0.15, 0.2) is 0 Å². The van der Waals surface area contributed by atoms with Crippen LogP contribution in [0.15, 0.2) is 4.99 Å². The van der Waals surface area contributed by atoms with Gasteiger partial charge in [0.25, 0.3) is 0 Å². The molecule has 3 heteroatoms. The summed E-state index contributed by atoms with van der Waals surface area (Å²) in [5.41, 5.74) is 0.